The maximum atomic E-state index is 11.7. The molecule has 0 fully saturated rings. The molecule has 0 bridgehead atoms. The van der Waals surface area contributed by atoms with Crippen molar-refractivity contribution in [2.24, 2.45) is 0 Å². The minimum Gasteiger partial charge on any atom is -0.465 e. The van der Waals surface area contributed by atoms with Crippen LogP contribution in [-0.2, 0) is 4.74 Å². The number of hydrogen-bond acceptors (Lipinski definition) is 4. The maximum absolute atomic E-state index is 11.7. The molecule has 6 heteroatoms. The summed E-state index contributed by atoms with van der Waals surface area (Å²) in [5, 5.41) is 4.60. The highest BCUT2D eigenvalue weighted by Crippen LogP contribution is 2.15. The van der Waals surface area contributed by atoms with Crippen molar-refractivity contribution in [1.82, 2.24) is 9.78 Å². The Balaban J connectivity index is 2.63. The number of rotatable bonds is 2. The van der Waals surface area contributed by atoms with Crippen molar-refractivity contribution in [2.45, 2.75) is 6.92 Å². The Labute approximate surface area is 114 Å². The third-order valence-electron chi connectivity index (χ3n) is 2.68. The number of methoxy groups -OCH3 is 1. The monoisotopic (exact) mass is 278 g/mol. The Morgan fingerprint density at radius 1 is 1.32 bits per heavy atom. The van der Waals surface area contributed by atoms with Crippen molar-refractivity contribution in [3.63, 3.8) is 0 Å². The van der Waals surface area contributed by atoms with Gasteiger partial charge in [0.1, 0.15) is 5.56 Å². The second kappa shape index (κ2) is 5.24. The largest absolute Gasteiger partial charge is 0.465 e. The molecular formula is C13H11ClN2O3. The molecule has 0 saturated heterocycles. The van der Waals surface area contributed by atoms with E-state index in [1.807, 2.05) is 0 Å². The van der Waals surface area contributed by atoms with Gasteiger partial charge in [0.05, 0.1) is 24.7 Å². The number of esters is 1. The van der Waals surface area contributed by atoms with Crippen LogP contribution in [0, 0.1) is 6.92 Å². The van der Waals surface area contributed by atoms with E-state index in [9.17, 15) is 9.59 Å². The van der Waals surface area contributed by atoms with Gasteiger partial charge in [-0.05, 0) is 31.2 Å². The van der Waals surface area contributed by atoms with Crippen LogP contribution in [0.2, 0.25) is 5.02 Å². The number of carbonyl (C=O) groups excluding carboxylic acids is 1. The van der Waals surface area contributed by atoms with E-state index in [0.29, 0.717) is 16.4 Å². The van der Waals surface area contributed by atoms with Gasteiger partial charge < -0.3 is 4.74 Å². The topological polar surface area (TPSA) is 61.2 Å². The van der Waals surface area contributed by atoms with Gasteiger partial charge in [-0.15, -0.1) is 0 Å². The summed E-state index contributed by atoms with van der Waals surface area (Å²) in [5.41, 5.74) is 0.635. The van der Waals surface area contributed by atoms with E-state index in [-0.39, 0.29) is 5.56 Å². The molecule has 0 amide bonds. The lowest BCUT2D eigenvalue weighted by Crippen LogP contribution is -2.23. The molecule has 1 heterocycles. The highest BCUT2D eigenvalue weighted by molar-refractivity contribution is 6.30. The van der Waals surface area contributed by atoms with E-state index in [2.05, 4.69) is 9.84 Å². The Morgan fingerprint density at radius 2 is 1.95 bits per heavy atom. The number of aromatic nitrogens is 2. The molecule has 0 saturated carbocycles. The molecule has 1 aromatic heterocycles. The van der Waals surface area contributed by atoms with Crippen LogP contribution in [0.25, 0.3) is 5.69 Å². The minimum absolute atomic E-state index is 0.0209. The van der Waals surface area contributed by atoms with Gasteiger partial charge in [0, 0.05) is 5.02 Å². The fourth-order valence-corrected chi connectivity index (χ4v) is 1.86. The molecule has 0 aliphatic heterocycles. The molecule has 2 aromatic rings. The van der Waals surface area contributed by atoms with E-state index in [1.165, 1.54) is 11.8 Å². The Bertz CT molecular complexity index is 677. The summed E-state index contributed by atoms with van der Waals surface area (Å²) in [6, 6.07) is 6.89. The van der Waals surface area contributed by atoms with Gasteiger partial charge in [0.25, 0.3) is 0 Å². The zero-order chi connectivity index (χ0) is 14.0. The molecule has 0 N–H and O–H groups in total. The molecule has 0 aliphatic carbocycles. The first-order chi connectivity index (χ1) is 9.04. The molecule has 0 unspecified atom stereocenters. The van der Waals surface area contributed by atoms with Crippen LogP contribution in [0.3, 0.4) is 0 Å². The van der Waals surface area contributed by atoms with Crippen LogP contribution in [0.1, 0.15) is 16.1 Å². The number of benzene rings is 1. The summed E-state index contributed by atoms with van der Waals surface area (Å²) >= 11 is 5.81. The summed E-state index contributed by atoms with van der Waals surface area (Å²) in [7, 11) is 1.23. The average molecular weight is 279 g/mol. The number of ether oxygens (including phenoxy) is 1. The summed E-state index contributed by atoms with van der Waals surface area (Å²) in [6.07, 6.45) is 1.09. The van der Waals surface area contributed by atoms with E-state index in [1.54, 1.807) is 31.2 Å². The molecule has 2 rings (SSSR count). The first kappa shape index (κ1) is 13.3. The molecule has 0 aliphatic rings. The van der Waals surface area contributed by atoms with Crippen molar-refractivity contribution in [3.8, 4) is 5.69 Å². The first-order valence-corrected chi connectivity index (χ1v) is 5.85. The van der Waals surface area contributed by atoms with Crippen molar-refractivity contribution in [3.05, 3.63) is 57.0 Å². The third-order valence-corrected chi connectivity index (χ3v) is 2.93. The molecule has 0 radical (unpaired) electrons. The van der Waals surface area contributed by atoms with Gasteiger partial charge in [0.15, 0.2) is 0 Å². The Hall–Kier alpha value is -2.14. The Morgan fingerprint density at radius 3 is 2.53 bits per heavy atom. The minimum atomic E-state index is -0.674. The number of hydrogen-bond donors (Lipinski definition) is 0. The van der Waals surface area contributed by atoms with E-state index >= 15 is 0 Å². The van der Waals surface area contributed by atoms with E-state index < -0.39 is 11.4 Å². The SMILES string of the molecule is COC(=O)c1c(C)n(-c2ccc(Cl)cc2)ncc1=O. The first-order valence-electron chi connectivity index (χ1n) is 5.48. The molecule has 19 heavy (non-hydrogen) atoms. The second-order valence-electron chi connectivity index (χ2n) is 3.85. The fourth-order valence-electron chi connectivity index (χ4n) is 1.74. The maximum Gasteiger partial charge on any atom is 0.343 e. The molecule has 5 nitrogen and oxygen atoms in total. The molecule has 0 atom stereocenters. The summed E-state index contributed by atoms with van der Waals surface area (Å²) in [5.74, 6) is -0.674. The predicted molar refractivity (Wildman–Crippen MR) is 70.9 cm³/mol. The van der Waals surface area contributed by atoms with Crippen molar-refractivity contribution >= 4 is 17.6 Å². The molecule has 98 valence electrons. The summed E-state index contributed by atoms with van der Waals surface area (Å²) in [6.45, 7) is 1.63. The standard InChI is InChI=1S/C13H11ClN2O3/c1-8-12(13(18)19-2)11(17)7-15-16(8)10-5-3-9(14)4-6-10/h3-7H,1-2H3. The van der Waals surface area contributed by atoms with E-state index in [0.717, 1.165) is 6.20 Å². The zero-order valence-corrected chi connectivity index (χ0v) is 11.1. The van der Waals surface area contributed by atoms with Gasteiger partial charge in [-0.1, -0.05) is 11.6 Å². The van der Waals surface area contributed by atoms with Crippen molar-refractivity contribution in [2.75, 3.05) is 7.11 Å². The number of carbonyl (C=O) groups is 1. The lowest BCUT2D eigenvalue weighted by atomic mass is 10.2. The van der Waals surface area contributed by atoms with Crippen LogP contribution in [0.5, 0.6) is 0 Å². The van der Waals surface area contributed by atoms with Crippen LogP contribution in [0.4, 0.5) is 0 Å². The second-order valence-corrected chi connectivity index (χ2v) is 4.29. The van der Waals surface area contributed by atoms with Gasteiger partial charge in [-0.2, -0.15) is 5.10 Å². The number of halogens is 1. The quantitative estimate of drug-likeness (QED) is 0.788. The fraction of sp³-hybridized carbons (Fsp3) is 0.154. The zero-order valence-electron chi connectivity index (χ0n) is 10.4. The molecule has 1 aromatic carbocycles. The summed E-state index contributed by atoms with van der Waals surface area (Å²) in [4.78, 5) is 23.3. The highest BCUT2D eigenvalue weighted by atomic mass is 35.5. The van der Waals surface area contributed by atoms with Crippen molar-refractivity contribution < 1.29 is 9.53 Å². The van der Waals surface area contributed by atoms with Crippen LogP contribution in [-0.4, -0.2) is 22.9 Å². The smallest absolute Gasteiger partial charge is 0.343 e. The number of nitrogens with zero attached hydrogens (tertiary/aromatic N) is 2. The van der Waals surface area contributed by atoms with Crippen molar-refractivity contribution in [1.29, 1.82) is 0 Å². The third kappa shape index (κ3) is 2.51. The summed E-state index contributed by atoms with van der Waals surface area (Å²) < 4.78 is 6.10. The van der Waals surface area contributed by atoms with Crippen LogP contribution >= 0.6 is 11.6 Å². The predicted octanol–water partition coefficient (Wildman–Crippen LogP) is 1.98. The van der Waals surface area contributed by atoms with Gasteiger partial charge in [-0.25, -0.2) is 9.48 Å². The van der Waals surface area contributed by atoms with E-state index in [4.69, 9.17) is 11.6 Å². The van der Waals surface area contributed by atoms with Crippen LogP contribution in [0.15, 0.2) is 35.3 Å². The van der Waals surface area contributed by atoms with Crippen LogP contribution < -0.4 is 5.43 Å². The Kier molecular flexibility index (Phi) is 3.66. The lowest BCUT2D eigenvalue weighted by molar-refractivity contribution is 0.0597. The molecular weight excluding hydrogens is 268 g/mol. The van der Waals surface area contributed by atoms with Gasteiger partial charge in [0.2, 0.25) is 5.43 Å². The van der Waals surface area contributed by atoms with Gasteiger partial charge >= 0.3 is 5.97 Å². The average Bonchev–Trinajstić information content (AvgIpc) is 2.40. The van der Waals surface area contributed by atoms with Gasteiger partial charge in [-0.3, -0.25) is 4.79 Å². The lowest BCUT2D eigenvalue weighted by Gasteiger charge is -2.11. The normalized spacial score (nSPS) is 10.3. The highest BCUT2D eigenvalue weighted by Gasteiger charge is 2.17. The molecule has 0 spiro atoms.